The summed E-state index contributed by atoms with van der Waals surface area (Å²) in [6.07, 6.45) is -0.904. The van der Waals surface area contributed by atoms with Gasteiger partial charge in [0.2, 0.25) is 5.91 Å². The zero-order chi connectivity index (χ0) is 26.9. The molecule has 1 fully saturated rings. The van der Waals surface area contributed by atoms with Crippen molar-refractivity contribution in [1.29, 1.82) is 0 Å². The molecule has 0 bridgehead atoms. The van der Waals surface area contributed by atoms with E-state index in [1.165, 1.54) is 29.2 Å². The number of hydrogen-bond donors (Lipinski definition) is 3. The van der Waals surface area contributed by atoms with Crippen LogP contribution in [-0.2, 0) is 19.1 Å². The van der Waals surface area contributed by atoms with Gasteiger partial charge in [0.05, 0.1) is 28.1 Å². The monoisotopic (exact) mass is 560 g/mol. The summed E-state index contributed by atoms with van der Waals surface area (Å²) in [7, 11) is 0. The molecule has 1 aliphatic rings. The third-order valence-corrected chi connectivity index (χ3v) is 6.10. The molecule has 1 aromatic heterocycles. The highest BCUT2D eigenvalue weighted by molar-refractivity contribution is 7.18. The second-order valence-corrected chi connectivity index (χ2v) is 9.09. The number of anilines is 2. The third-order valence-electron chi connectivity index (χ3n) is 4.87. The van der Waals surface area contributed by atoms with Crippen LogP contribution < -0.4 is 25.6 Å². The van der Waals surface area contributed by atoms with E-state index in [-0.39, 0.29) is 50.0 Å². The van der Waals surface area contributed by atoms with E-state index in [1.54, 1.807) is 6.92 Å². The highest BCUT2D eigenvalue weighted by Gasteiger charge is 2.26. The van der Waals surface area contributed by atoms with Crippen molar-refractivity contribution < 1.29 is 42.2 Å². The number of carbonyl (C=O) groups excluding carboxylic acids is 4. The van der Waals surface area contributed by atoms with Gasteiger partial charge in [-0.1, -0.05) is 11.6 Å². The lowest BCUT2D eigenvalue weighted by Gasteiger charge is -2.28. The van der Waals surface area contributed by atoms with Crippen molar-refractivity contribution in [2.45, 2.75) is 19.6 Å². The lowest BCUT2D eigenvalue weighted by atomic mass is 10.2. The Balaban J connectivity index is 1.76. The number of alkyl carbamates (subject to hydrolysis) is 1. The highest BCUT2D eigenvalue weighted by atomic mass is 35.5. The van der Waals surface area contributed by atoms with Gasteiger partial charge >= 0.3 is 12.7 Å². The summed E-state index contributed by atoms with van der Waals surface area (Å²) < 4.78 is 41.0. The largest absolute Gasteiger partial charge is 0.450 e. The van der Waals surface area contributed by atoms with Gasteiger partial charge in [-0.3, -0.25) is 14.4 Å². The van der Waals surface area contributed by atoms with E-state index in [2.05, 4.69) is 20.7 Å². The van der Waals surface area contributed by atoms with E-state index >= 15 is 0 Å². The van der Waals surface area contributed by atoms with Crippen molar-refractivity contribution in [2.24, 2.45) is 0 Å². The first-order chi connectivity index (χ1) is 17.7. The highest BCUT2D eigenvalue weighted by Crippen LogP contribution is 2.33. The second kappa shape index (κ2) is 13.2. The van der Waals surface area contributed by atoms with E-state index in [1.807, 2.05) is 0 Å². The first-order valence-electron chi connectivity index (χ1n) is 10.9. The van der Waals surface area contributed by atoms with E-state index in [0.29, 0.717) is 9.21 Å². The summed E-state index contributed by atoms with van der Waals surface area (Å²) in [5.41, 5.74) is 0.117. The number of nitrogens with one attached hydrogen (secondary N) is 3. The molecule has 15 heteroatoms. The molecule has 1 aliphatic heterocycles. The molecule has 1 aromatic carbocycles. The Kier molecular flexibility index (Phi) is 10.00. The standard InChI is InChI=1S/C22H23ClF2N4O7S/c1-2-35-22(33)28-13(10-26-20(32)16-5-6-17(23)37-16)19(31)27-12-3-4-14(15(9-12)36-21(24)25)29-7-8-34-11-18(29)30/h3-6,9,13,21H,2,7-8,10-11H2,1H3,(H,26,32)(H,27,31)(H,28,33)/t13-/m1/s1. The van der Waals surface area contributed by atoms with Gasteiger partial charge in [0.1, 0.15) is 12.6 Å². The topological polar surface area (TPSA) is 135 Å². The Labute approximate surface area is 219 Å². The van der Waals surface area contributed by atoms with Crippen LogP contribution in [0.4, 0.5) is 25.0 Å². The predicted molar refractivity (Wildman–Crippen MR) is 130 cm³/mol. The number of benzene rings is 1. The minimum Gasteiger partial charge on any atom is -0.450 e. The molecule has 2 heterocycles. The van der Waals surface area contributed by atoms with E-state index < -0.39 is 36.5 Å². The van der Waals surface area contributed by atoms with Crippen LogP contribution in [0.2, 0.25) is 4.34 Å². The smallest absolute Gasteiger partial charge is 0.407 e. The Hall–Kier alpha value is -3.49. The van der Waals surface area contributed by atoms with Crippen molar-refractivity contribution in [3.8, 4) is 5.75 Å². The number of morpholine rings is 1. The number of ether oxygens (including phenoxy) is 3. The molecule has 3 N–H and O–H groups in total. The van der Waals surface area contributed by atoms with Crippen molar-refractivity contribution >= 4 is 58.1 Å². The van der Waals surface area contributed by atoms with Crippen LogP contribution >= 0.6 is 22.9 Å². The zero-order valence-electron chi connectivity index (χ0n) is 19.4. The normalized spacial score (nSPS) is 14.2. The lowest BCUT2D eigenvalue weighted by molar-refractivity contribution is -0.125. The van der Waals surface area contributed by atoms with Crippen LogP contribution in [-0.4, -0.2) is 69.4 Å². The summed E-state index contributed by atoms with van der Waals surface area (Å²) >= 11 is 6.87. The van der Waals surface area contributed by atoms with Gasteiger partial charge in [-0.2, -0.15) is 8.78 Å². The number of rotatable bonds is 10. The average Bonchev–Trinajstić information content (AvgIpc) is 3.28. The second-order valence-electron chi connectivity index (χ2n) is 7.38. The molecule has 37 heavy (non-hydrogen) atoms. The van der Waals surface area contributed by atoms with E-state index in [9.17, 15) is 28.0 Å². The summed E-state index contributed by atoms with van der Waals surface area (Å²) in [6.45, 7) is -1.77. The van der Waals surface area contributed by atoms with Crippen LogP contribution in [0.3, 0.4) is 0 Å². The molecule has 3 rings (SSSR count). The lowest BCUT2D eigenvalue weighted by Crippen LogP contribution is -2.50. The van der Waals surface area contributed by atoms with Crippen LogP contribution in [0.5, 0.6) is 5.75 Å². The fourth-order valence-corrected chi connectivity index (χ4v) is 4.21. The van der Waals surface area contributed by atoms with Gasteiger partial charge in [0.15, 0.2) is 5.75 Å². The Morgan fingerprint density at radius 2 is 2.03 bits per heavy atom. The predicted octanol–water partition coefficient (Wildman–Crippen LogP) is 2.85. The fourth-order valence-electron chi connectivity index (χ4n) is 3.25. The molecule has 0 radical (unpaired) electrons. The summed E-state index contributed by atoms with van der Waals surface area (Å²) in [6, 6.07) is 5.58. The quantitative estimate of drug-likeness (QED) is 0.406. The SMILES string of the molecule is CCOC(=O)N[C@H](CNC(=O)c1ccc(Cl)s1)C(=O)Nc1ccc(N2CCOCC2=O)c(OC(F)F)c1. The van der Waals surface area contributed by atoms with Crippen molar-refractivity contribution in [2.75, 3.05) is 43.1 Å². The number of amides is 4. The van der Waals surface area contributed by atoms with Gasteiger partial charge in [-0.15, -0.1) is 11.3 Å². The summed E-state index contributed by atoms with van der Waals surface area (Å²) in [5.74, 6) is -2.09. The molecule has 200 valence electrons. The Bertz CT molecular complexity index is 1150. The minimum atomic E-state index is -3.19. The van der Waals surface area contributed by atoms with Crippen molar-refractivity contribution in [3.05, 3.63) is 39.5 Å². The molecule has 1 atom stereocenters. The zero-order valence-corrected chi connectivity index (χ0v) is 21.0. The van der Waals surface area contributed by atoms with Crippen LogP contribution in [0, 0.1) is 0 Å². The minimum absolute atomic E-state index is 0.0380. The molecule has 0 aliphatic carbocycles. The first-order valence-corrected chi connectivity index (χ1v) is 12.1. The molecule has 0 unspecified atom stereocenters. The summed E-state index contributed by atoms with van der Waals surface area (Å²) in [4.78, 5) is 51.0. The third kappa shape index (κ3) is 8.00. The molecule has 2 aromatic rings. The maximum atomic E-state index is 13.1. The van der Waals surface area contributed by atoms with Gasteiger partial charge < -0.3 is 35.1 Å². The maximum absolute atomic E-state index is 13.1. The van der Waals surface area contributed by atoms with Crippen molar-refractivity contribution in [3.63, 3.8) is 0 Å². The number of carbonyl (C=O) groups is 4. The first kappa shape index (κ1) is 28.1. The summed E-state index contributed by atoms with van der Waals surface area (Å²) in [5, 5.41) is 7.34. The van der Waals surface area contributed by atoms with Crippen molar-refractivity contribution in [1.82, 2.24) is 10.6 Å². The molecule has 0 saturated carbocycles. The van der Waals surface area contributed by atoms with Gasteiger partial charge in [0, 0.05) is 24.8 Å². The molecule has 11 nitrogen and oxygen atoms in total. The molecule has 0 spiro atoms. The van der Waals surface area contributed by atoms with E-state index in [4.69, 9.17) is 21.1 Å². The van der Waals surface area contributed by atoms with Crippen LogP contribution in [0.1, 0.15) is 16.6 Å². The van der Waals surface area contributed by atoms with Crippen LogP contribution in [0.15, 0.2) is 30.3 Å². The average molecular weight is 561 g/mol. The fraction of sp³-hybridized carbons (Fsp3) is 0.364. The molecule has 4 amide bonds. The Morgan fingerprint density at radius 3 is 2.68 bits per heavy atom. The maximum Gasteiger partial charge on any atom is 0.407 e. The molecule has 1 saturated heterocycles. The van der Waals surface area contributed by atoms with Gasteiger partial charge in [0.25, 0.3) is 11.8 Å². The van der Waals surface area contributed by atoms with Crippen LogP contribution in [0.25, 0.3) is 0 Å². The molecular formula is C22H23ClF2N4O7S. The number of hydrogen-bond acceptors (Lipinski definition) is 8. The van der Waals surface area contributed by atoms with Gasteiger partial charge in [-0.25, -0.2) is 4.79 Å². The van der Waals surface area contributed by atoms with E-state index in [0.717, 1.165) is 17.4 Å². The number of halogens is 3. The number of alkyl halides is 2. The number of thiophene rings is 1. The van der Waals surface area contributed by atoms with Gasteiger partial charge in [-0.05, 0) is 31.2 Å². The number of nitrogens with zero attached hydrogens (tertiary/aromatic N) is 1. The molecular weight excluding hydrogens is 538 g/mol. The Morgan fingerprint density at radius 1 is 1.24 bits per heavy atom.